The third-order valence-corrected chi connectivity index (χ3v) is 2.48. The molecule has 0 aliphatic carbocycles. The Hall–Kier alpha value is -2.17. The van der Waals surface area contributed by atoms with Gasteiger partial charge in [0.15, 0.2) is 0 Å². The van der Waals surface area contributed by atoms with Gasteiger partial charge >= 0.3 is 5.97 Å². The topological polar surface area (TPSA) is 55.4 Å². The minimum atomic E-state index is -0.383. The average molecular weight is 265 g/mol. The number of amides is 1. The van der Waals surface area contributed by atoms with Crippen LogP contribution in [-0.2, 0) is 14.3 Å². The van der Waals surface area contributed by atoms with Crippen LogP contribution >= 0.6 is 0 Å². The van der Waals surface area contributed by atoms with Crippen LogP contribution in [0.25, 0.3) is 5.57 Å². The molecule has 1 rings (SSSR count). The lowest BCUT2D eigenvalue weighted by Gasteiger charge is -2.04. The molecule has 0 aromatic heterocycles. The van der Waals surface area contributed by atoms with Crippen molar-refractivity contribution in [1.82, 2.24) is 5.32 Å². The van der Waals surface area contributed by atoms with Crippen LogP contribution in [-0.4, -0.2) is 25.5 Å². The predicted molar refractivity (Wildman–Crippen MR) is 69.7 cm³/mol. The van der Waals surface area contributed by atoms with E-state index in [-0.39, 0.29) is 30.7 Å². The van der Waals surface area contributed by atoms with Crippen LogP contribution in [0.3, 0.4) is 0 Å². The summed E-state index contributed by atoms with van der Waals surface area (Å²) in [4.78, 5) is 22.4. The van der Waals surface area contributed by atoms with Gasteiger partial charge in [0.2, 0.25) is 5.91 Å². The molecule has 1 amide bonds. The fourth-order valence-corrected chi connectivity index (χ4v) is 1.45. The standard InChI is InChI=1S/C14H16FNO3/c1-10(11-4-3-5-12(15)9-11)8-13(17)16-7-6-14(18)19-2/h3-5,8-9H,6-7H2,1-2H3,(H,16,17). The molecule has 102 valence electrons. The van der Waals surface area contributed by atoms with Crippen molar-refractivity contribution in [3.63, 3.8) is 0 Å². The smallest absolute Gasteiger partial charge is 0.307 e. The number of carbonyl (C=O) groups excluding carboxylic acids is 2. The SMILES string of the molecule is COC(=O)CCNC(=O)C=C(C)c1cccc(F)c1. The highest BCUT2D eigenvalue weighted by Crippen LogP contribution is 2.14. The number of hydrogen-bond donors (Lipinski definition) is 1. The normalized spacial score (nSPS) is 11.0. The molecular weight excluding hydrogens is 249 g/mol. The second-order valence-electron chi connectivity index (χ2n) is 3.95. The quantitative estimate of drug-likeness (QED) is 0.653. The van der Waals surface area contributed by atoms with Gasteiger partial charge in [0.05, 0.1) is 13.5 Å². The molecule has 0 fully saturated rings. The second-order valence-corrected chi connectivity index (χ2v) is 3.95. The van der Waals surface area contributed by atoms with Gasteiger partial charge < -0.3 is 10.1 Å². The Morgan fingerprint density at radius 2 is 2.16 bits per heavy atom. The van der Waals surface area contributed by atoms with Gasteiger partial charge in [-0.25, -0.2) is 4.39 Å². The lowest BCUT2D eigenvalue weighted by molar-refractivity contribution is -0.140. The van der Waals surface area contributed by atoms with Crippen LogP contribution in [0, 0.1) is 5.82 Å². The summed E-state index contributed by atoms with van der Waals surface area (Å²) < 4.78 is 17.5. The Labute approximate surface area is 111 Å². The molecule has 0 saturated heterocycles. The molecule has 0 saturated carbocycles. The highest BCUT2D eigenvalue weighted by atomic mass is 19.1. The molecule has 0 heterocycles. The van der Waals surface area contributed by atoms with Crippen LogP contribution in [0.5, 0.6) is 0 Å². The van der Waals surface area contributed by atoms with Crippen molar-refractivity contribution in [2.75, 3.05) is 13.7 Å². The van der Waals surface area contributed by atoms with Crippen LogP contribution in [0.1, 0.15) is 18.9 Å². The van der Waals surface area contributed by atoms with Crippen LogP contribution in [0.2, 0.25) is 0 Å². The largest absolute Gasteiger partial charge is 0.469 e. The Balaban J connectivity index is 2.54. The molecule has 5 heteroatoms. The number of hydrogen-bond acceptors (Lipinski definition) is 3. The Bertz CT molecular complexity index is 497. The van der Waals surface area contributed by atoms with Crippen LogP contribution in [0.4, 0.5) is 4.39 Å². The molecule has 1 aromatic rings. The molecule has 0 unspecified atom stereocenters. The predicted octanol–water partition coefficient (Wildman–Crippen LogP) is 1.91. The summed E-state index contributed by atoms with van der Waals surface area (Å²) in [5.74, 6) is -1.06. The Kier molecular flexibility index (Phi) is 5.73. The maximum atomic E-state index is 13.0. The Morgan fingerprint density at radius 1 is 1.42 bits per heavy atom. The van der Waals surface area contributed by atoms with E-state index in [1.807, 2.05) is 0 Å². The summed E-state index contributed by atoms with van der Waals surface area (Å²) in [6.45, 7) is 1.92. The van der Waals surface area contributed by atoms with Crippen LogP contribution < -0.4 is 5.32 Å². The highest BCUT2D eigenvalue weighted by molar-refractivity contribution is 5.94. The number of allylic oxidation sites excluding steroid dienone is 1. The molecule has 0 aliphatic rings. The van der Waals surface area contributed by atoms with Gasteiger partial charge in [-0.1, -0.05) is 12.1 Å². The third-order valence-electron chi connectivity index (χ3n) is 2.48. The molecule has 0 atom stereocenters. The van der Waals surface area contributed by atoms with E-state index in [0.29, 0.717) is 11.1 Å². The number of rotatable bonds is 5. The number of methoxy groups -OCH3 is 1. The number of benzene rings is 1. The van der Waals surface area contributed by atoms with Crippen molar-refractivity contribution < 1.29 is 18.7 Å². The van der Waals surface area contributed by atoms with E-state index in [0.717, 1.165) is 0 Å². The molecule has 0 bridgehead atoms. The number of carbonyl (C=O) groups is 2. The summed E-state index contributed by atoms with van der Waals surface area (Å²) in [5.41, 5.74) is 1.29. The van der Waals surface area contributed by atoms with Crippen molar-refractivity contribution in [2.24, 2.45) is 0 Å². The van der Waals surface area contributed by atoms with Gasteiger partial charge in [0, 0.05) is 12.6 Å². The second kappa shape index (κ2) is 7.31. The molecule has 1 N–H and O–H groups in total. The van der Waals surface area contributed by atoms with Crippen LogP contribution in [0.15, 0.2) is 30.3 Å². The van der Waals surface area contributed by atoms with Gasteiger partial charge in [-0.15, -0.1) is 0 Å². The first-order valence-corrected chi connectivity index (χ1v) is 5.82. The first-order chi connectivity index (χ1) is 9.02. The van der Waals surface area contributed by atoms with E-state index in [1.165, 1.54) is 25.3 Å². The van der Waals surface area contributed by atoms with E-state index < -0.39 is 0 Å². The van der Waals surface area contributed by atoms with E-state index in [1.54, 1.807) is 19.1 Å². The molecule has 0 spiro atoms. The lowest BCUT2D eigenvalue weighted by Crippen LogP contribution is -2.24. The fourth-order valence-electron chi connectivity index (χ4n) is 1.45. The van der Waals surface area contributed by atoms with Crippen molar-refractivity contribution in [3.05, 3.63) is 41.7 Å². The Morgan fingerprint density at radius 3 is 2.79 bits per heavy atom. The van der Waals surface area contributed by atoms with E-state index in [4.69, 9.17) is 0 Å². The minimum Gasteiger partial charge on any atom is -0.469 e. The van der Waals surface area contributed by atoms with Gasteiger partial charge in [-0.3, -0.25) is 9.59 Å². The molecule has 1 aromatic carbocycles. The number of esters is 1. The number of nitrogens with one attached hydrogen (secondary N) is 1. The van der Waals surface area contributed by atoms with E-state index in [9.17, 15) is 14.0 Å². The number of halogens is 1. The van der Waals surface area contributed by atoms with E-state index in [2.05, 4.69) is 10.1 Å². The van der Waals surface area contributed by atoms with Crippen molar-refractivity contribution in [1.29, 1.82) is 0 Å². The fraction of sp³-hybridized carbons (Fsp3) is 0.286. The summed E-state index contributed by atoms with van der Waals surface area (Å²) in [7, 11) is 1.29. The minimum absolute atomic E-state index is 0.120. The zero-order valence-electron chi connectivity index (χ0n) is 10.9. The van der Waals surface area contributed by atoms with Gasteiger partial charge in [-0.2, -0.15) is 0 Å². The highest BCUT2D eigenvalue weighted by Gasteiger charge is 2.03. The maximum Gasteiger partial charge on any atom is 0.307 e. The monoisotopic (exact) mass is 265 g/mol. The molecule has 19 heavy (non-hydrogen) atoms. The molecule has 4 nitrogen and oxygen atoms in total. The zero-order valence-corrected chi connectivity index (χ0v) is 10.9. The molecular formula is C14H16FNO3. The molecule has 0 radical (unpaired) electrons. The molecule has 0 aliphatic heterocycles. The van der Waals surface area contributed by atoms with Gasteiger partial charge in [0.1, 0.15) is 5.82 Å². The first kappa shape index (κ1) is 14.9. The van der Waals surface area contributed by atoms with Gasteiger partial charge in [0.25, 0.3) is 0 Å². The summed E-state index contributed by atoms with van der Waals surface area (Å²) >= 11 is 0. The zero-order chi connectivity index (χ0) is 14.3. The average Bonchev–Trinajstić information content (AvgIpc) is 2.38. The van der Waals surface area contributed by atoms with Crippen molar-refractivity contribution in [2.45, 2.75) is 13.3 Å². The third kappa shape index (κ3) is 5.33. The van der Waals surface area contributed by atoms with E-state index >= 15 is 0 Å². The summed E-state index contributed by atoms with van der Waals surface area (Å²) in [6, 6.07) is 5.99. The number of ether oxygens (including phenoxy) is 1. The first-order valence-electron chi connectivity index (χ1n) is 5.82. The lowest BCUT2D eigenvalue weighted by atomic mass is 10.1. The van der Waals surface area contributed by atoms with Gasteiger partial charge in [-0.05, 0) is 30.2 Å². The maximum absolute atomic E-state index is 13.0. The summed E-state index contributed by atoms with van der Waals surface area (Å²) in [6.07, 6.45) is 1.49. The van der Waals surface area contributed by atoms with Crippen molar-refractivity contribution in [3.8, 4) is 0 Å². The summed E-state index contributed by atoms with van der Waals surface area (Å²) in [5, 5.41) is 2.55. The van der Waals surface area contributed by atoms with Crippen molar-refractivity contribution >= 4 is 17.4 Å².